The molecule has 0 heterocycles. The van der Waals surface area contributed by atoms with Crippen LogP contribution in [-0.2, 0) is 28.6 Å². The van der Waals surface area contributed by atoms with Gasteiger partial charge in [0.2, 0.25) is 0 Å². The Bertz CT molecular complexity index is 1470. The molecule has 1 atom stereocenters. The predicted molar refractivity (Wildman–Crippen MR) is 311 cm³/mol. The summed E-state index contributed by atoms with van der Waals surface area (Å²) in [4.78, 5) is 38.2. The highest BCUT2D eigenvalue weighted by molar-refractivity contribution is 5.71. The van der Waals surface area contributed by atoms with Gasteiger partial charge in [0.15, 0.2) is 6.10 Å². The van der Waals surface area contributed by atoms with E-state index in [0.717, 1.165) is 128 Å². The first-order valence-corrected chi connectivity index (χ1v) is 29.9. The van der Waals surface area contributed by atoms with Gasteiger partial charge in [-0.05, 0) is 128 Å². The van der Waals surface area contributed by atoms with Crippen LogP contribution >= 0.6 is 0 Å². The number of hydrogen-bond donors (Lipinski definition) is 0. The van der Waals surface area contributed by atoms with Crippen LogP contribution in [0.3, 0.4) is 0 Å². The highest BCUT2D eigenvalue weighted by Gasteiger charge is 2.19. The molecule has 0 N–H and O–H groups in total. The van der Waals surface area contributed by atoms with E-state index in [1.807, 2.05) is 0 Å². The van der Waals surface area contributed by atoms with E-state index in [1.165, 1.54) is 103 Å². The minimum atomic E-state index is -0.803. The van der Waals surface area contributed by atoms with Crippen LogP contribution < -0.4 is 0 Å². The summed E-state index contributed by atoms with van der Waals surface area (Å²) >= 11 is 0. The van der Waals surface area contributed by atoms with Crippen molar-refractivity contribution in [3.63, 3.8) is 0 Å². The first kappa shape index (κ1) is 68.1. The largest absolute Gasteiger partial charge is 0.462 e. The third-order valence-corrected chi connectivity index (χ3v) is 12.5. The Morgan fingerprint density at radius 1 is 0.292 bits per heavy atom. The van der Waals surface area contributed by atoms with Crippen molar-refractivity contribution in [1.82, 2.24) is 0 Å². The van der Waals surface area contributed by atoms with E-state index < -0.39 is 6.10 Å². The molecule has 0 amide bonds. The molecule has 0 bridgehead atoms. The number of rotatable bonds is 53. The van der Waals surface area contributed by atoms with Gasteiger partial charge >= 0.3 is 17.9 Å². The highest BCUT2D eigenvalue weighted by atomic mass is 16.6. The first-order valence-electron chi connectivity index (χ1n) is 29.9. The van der Waals surface area contributed by atoms with Crippen molar-refractivity contribution in [2.24, 2.45) is 0 Å². The van der Waals surface area contributed by atoms with E-state index in [2.05, 4.69) is 130 Å². The molecule has 0 aliphatic rings. The van der Waals surface area contributed by atoms with E-state index in [9.17, 15) is 14.4 Å². The quantitative estimate of drug-likeness (QED) is 0.0261. The summed E-state index contributed by atoms with van der Waals surface area (Å²) < 4.78 is 16.9. The summed E-state index contributed by atoms with van der Waals surface area (Å²) in [5, 5.41) is 0. The van der Waals surface area contributed by atoms with Crippen molar-refractivity contribution in [3.05, 3.63) is 109 Å². The molecule has 0 aromatic carbocycles. The third kappa shape index (κ3) is 57.0. The average Bonchev–Trinajstić information content (AvgIpc) is 3.38. The molecule has 0 aliphatic carbocycles. The van der Waals surface area contributed by atoms with Crippen LogP contribution in [-0.4, -0.2) is 37.2 Å². The zero-order valence-corrected chi connectivity index (χ0v) is 46.9. The molecule has 6 heteroatoms. The summed E-state index contributed by atoms with van der Waals surface area (Å²) in [6.45, 7) is 6.45. The van der Waals surface area contributed by atoms with Gasteiger partial charge in [-0.25, -0.2) is 0 Å². The third-order valence-electron chi connectivity index (χ3n) is 12.5. The maximum absolute atomic E-state index is 12.9. The number of carbonyl (C=O) groups is 3. The van der Waals surface area contributed by atoms with Crippen LogP contribution in [0.4, 0.5) is 0 Å². The van der Waals surface area contributed by atoms with Crippen LogP contribution in [0.5, 0.6) is 0 Å². The minimum absolute atomic E-state index is 0.0989. The fourth-order valence-corrected chi connectivity index (χ4v) is 8.00. The maximum Gasteiger partial charge on any atom is 0.306 e. The summed E-state index contributed by atoms with van der Waals surface area (Å²) in [6, 6.07) is 0. The standard InChI is InChI=1S/C66H110O6/c1-4-7-10-13-16-19-22-25-28-31-33-35-38-41-44-47-50-53-56-59-65(68)71-62-63(61-70-64(67)58-55-52-49-46-43-40-37-30-27-24-21-18-15-12-9-6-3)72-66(69)60-57-54-51-48-45-42-39-36-34-32-29-26-23-20-17-14-11-8-5-2/h7,10,16-17,19-21,24-26,28-30,33,35,37,41,44,63H,4-6,8-9,11-15,18,22-23,27,31-32,34,36,38-40,42-43,45-62H2,1-3H3/b10-7-,19-16-,20-17-,24-21-,28-25-,29-26-,35-33-,37-30-,44-41-. The van der Waals surface area contributed by atoms with E-state index in [-0.39, 0.29) is 31.1 Å². The Balaban J connectivity index is 4.48. The molecule has 6 nitrogen and oxygen atoms in total. The summed E-state index contributed by atoms with van der Waals surface area (Å²) in [6.07, 6.45) is 80.7. The molecule has 0 saturated heterocycles. The first-order chi connectivity index (χ1) is 35.5. The van der Waals surface area contributed by atoms with E-state index in [1.54, 1.807) is 0 Å². The Morgan fingerprint density at radius 2 is 0.542 bits per heavy atom. The predicted octanol–water partition coefficient (Wildman–Crippen LogP) is 20.3. The minimum Gasteiger partial charge on any atom is -0.462 e. The van der Waals surface area contributed by atoms with Crippen molar-refractivity contribution in [3.8, 4) is 0 Å². The molecule has 0 saturated carbocycles. The fraction of sp³-hybridized carbons (Fsp3) is 0.682. The van der Waals surface area contributed by atoms with Crippen molar-refractivity contribution < 1.29 is 28.6 Å². The topological polar surface area (TPSA) is 78.9 Å². The van der Waals surface area contributed by atoms with Crippen LogP contribution in [0, 0.1) is 0 Å². The lowest BCUT2D eigenvalue weighted by Gasteiger charge is -2.18. The smallest absolute Gasteiger partial charge is 0.306 e. The van der Waals surface area contributed by atoms with Crippen molar-refractivity contribution in [1.29, 1.82) is 0 Å². The molecule has 0 aromatic heterocycles. The number of unbranched alkanes of at least 4 members (excludes halogenated alkanes) is 24. The van der Waals surface area contributed by atoms with Crippen molar-refractivity contribution in [2.75, 3.05) is 13.2 Å². The van der Waals surface area contributed by atoms with Gasteiger partial charge in [0.25, 0.3) is 0 Å². The summed E-state index contributed by atoms with van der Waals surface area (Å²) in [5.41, 5.74) is 0. The lowest BCUT2D eigenvalue weighted by atomic mass is 10.1. The molecule has 410 valence electrons. The van der Waals surface area contributed by atoms with E-state index in [4.69, 9.17) is 14.2 Å². The van der Waals surface area contributed by atoms with Gasteiger partial charge in [0.05, 0.1) is 0 Å². The Hall–Kier alpha value is -3.93. The molecular formula is C66H110O6. The Labute approximate surface area is 444 Å². The van der Waals surface area contributed by atoms with Crippen LogP contribution in [0.15, 0.2) is 109 Å². The van der Waals surface area contributed by atoms with Gasteiger partial charge in [-0.2, -0.15) is 0 Å². The molecule has 0 rings (SSSR count). The van der Waals surface area contributed by atoms with Gasteiger partial charge in [-0.1, -0.05) is 233 Å². The zero-order valence-electron chi connectivity index (χ0n) is 46.9. The number of esters is 3. The second kappa shape index (κ2) is 59.6. The second-order valence-corrected chi connectivity index (χ2v) is 19.5. The summed E-state index contributed by atoms with van der Waals surface area (Å²) in [7, 11) is 0. The molecule has 0 fully saturated rings. The van der Waals surface area contributed by atoms with Gasteiger partial charge in [-0.3, -0.25) is 14.4 Å². The van der Waals surface area contributed by atoms with Crippen LogP contribution in [0.2, 0.25) is 0 Å². The van der Waals surface area contributed by atoms with Crippen LogP contribution in [0.25, 0.3) is 0 Å². The van der Waals surface area contributed by atoms with E-state index in [0.29, 0.717) is 19.3 Å². The molecule has 0 radical (unpaired) electrons. The normalized spacial score (nSPS) is 12.9. The summed E-state index contributed by atoms with van der Waals surface area (Å²) in [5.74, 6) is -0.945. The van der Waals surface area contributed by atoms with Crippen molar-refractivity contribution >= 4 is 17.9 Å². The average molecular weight is 1000 g/mol. The highest BCUT2D eigenvalue weighted by Crippen LogP contribution is 2.14. The fourth-order valence-electron chi connectivity index (χ4n) is 8.00. The number of carbonyl (C=O) groups excluding carboxylic acids is 3. The molecular weight excluding hydrogens is 889 g/mol. The second-order valence-electron chi connectivity index (χ2n) is 19.5. The zero-order chi connectivity index (χ0) is 52.2. The molecule has 72 heavy (non-hydrogen) atoms. The lowest BCUT2D eigenvalue weighted by Crippen LogP contribution is -2.30. The monoisotopic (exact) mass is 999 g/mol. The number of hydrogen-bond acceptors (Lipinski definition) is 6. The maximum atomic E-state index is 12.9. The molecule has 0 spiro atoms. The number of ether oxygens (including phenoxy) is 3. The Morgan fingerprint density at radius 3 is 0.889 bits per heavy atom. The molecule has 0 aliphatic heterocycles. The van der Waals surface area contributed by atoms with Crippen molar-refractivity contribution in [2.45, 2.75) is 277 Å². The van der Waals surface area contributed by atoms with Gasteiger partial charge < -0.3 is 14.2 Å². The number of allylic oxidation sites excluding steroid dienone is 18. The SMILES string of the molecule is CC/C=C\C/C=C\C/C=C\C/C=C\C/C=C\CCCCCC(=O)OCC(COC(=O)CCCCCCC/C=C\C/C=C\CCCCCC)OC(=O)CCCCCCCCCCC/C=C\C/C=C\CCCCC. The molecule has 1 unspecified atom stereocenters. The van der Waals surface area contributed by atoms with Gasteiger partial charge in [-0.15, -0.1) is 0 Å². The van der Waals surface area contributed by atoms with Gasteiger partial charge in [0.1, 0.15) is 13.2 Å². The molecule has 0 aromatic rings. The lowest BCUT2D eigenvalue weighted by molar-refractivity contribution is -0.167. The van der Waals surface area contributed by atoms with Gasteiger partial charge in [0, 0.05) is 19.3 Å². The van der Waals surface area contributed by atoms with Crippen LogP contribution in [0.1, 0.15) is 271 Å². The van der Waals surface area contributed by atoms with E-state index >= 15 is 0 Å². The Kier molecular flexibility index (Phi) is 56.4.